The standard InChI is InChI=1S/C28H39NO5/c1-21-14-8-4-6-10-17-23(3)29-26(32)19-11-7-5-9-16-22(2)27(33)28(34)25(31)20-24(30)18-13-12-15-21/h4-16,18-19,22-25,27-28,30-31,33-34H,17,20H2,1-3H3,(H,29,32)/b7-5+,8-4+,10-6-,15-12?,16-9+,18-13-,19-11+,21-14?. The van der Waals surface area contributed by atoms with Crippen molar-refractivity contribution in [2.75, 3.05) is 0 Å². The van der Waals surface area contributed by atoms with Crippen molar-refractivity contribution in [3.63, 3.8) is 0 Å². The summed E-state index contributed by atoms with van der Waals surface area (Å²) in [5.41, 5.74) is 1.01. The van der Waals surface area contributed by atoms with Gasteiger partial charge in [0.05, 0.1) is 18.3 Å². The quantitative estimate of drug-likeness (QED) is 0.374. The Labute approximate surface area is 203 Å². The highest BCUT2D eigenvalue weighted by Crippen LogP contribution is 2.15. The minimum Gasteiger partial charge on any atom is -0.390 e. The first-order valence-electron chi connectivity index (χ1n) is 11.6. The number of carbonyl (C=O) groups is 1. The zero-order chi connectivity index (χ0) is 25.3. The van der Waals surface area contributed by atoms with E-state index in [0.717, 1.165) is 5.57 Å². The van der Waals surface area contributed by atoms with Crippen LogP contribution in [0.3, 0.4) is 0 Å². The van der Waals surface area contributed by atoms with Gasteiger partial charge in [-0.1, -0.05) is 97.6 Å². The first-order chi connectivity index (χ1) is 16.2. The van der Waals surface area contributed by atoms with Crippen LogP contribution in [0.1, 0.15) is 33.6 Å². The van der Waals surface area contributed by atoms with Gasteiger partial charge in [-0.25, -0.2) is 0 Å². The maximum Gasteiger partial charge on any atom is 0.244 e. The number of hydrogen-bond acceptors (Lipinski definition) is 5. The molecule has 0 bridgehead atoms. The van der Waals surface area contributed by atoms with Crippen LogP contribution in [0.4, 0.5) is 0 Å². The molecule has 0 aliphatic carbocycles. The minimum atomic E-state index is -1.41. The maximum atomic E-state index is 12.0. The molecule has 1 rings (SSSR count). The molecule has 1 heterocycles. The monoisotopic (exact) mass is 469 g/mol. The third-order valence-corrected chi connectivity index (χ3v) is 5.16. The molecule has 5 N–H and O–H groups in total. The molecule has 0 aromatic heterocycles. The van der Waals surface area contributed by atoms with Crippen LogP contribution in [0.5, 0.6) is 0 Å². The van der Waals surface area contributed by atoms with Crippen LogP contribution in [-0.2, 0) is 4.79 Å². The van der Waals surface area contributed by atoms with E-state index in [0.29, 0.717) is 6.42 Å². The summed E-state index contributed by atoms with van der Waals surface area (Å²) >= 11 is 0. The lowest BCUT2D eigenvalue weighted by molar-refractivity contribution is -0.117. The van der Waals surface area contributed by atoms with E-state index in [1.165, 1.54) is 12.2 Å². The highest BCUT2D eigenvalue weighted by atomic mass is 16.4. The van der Waals surface area contributed by atoms with Crippen LogP contribution in [-0.4, -0.2) is 56.8 Å². The number of hydrogen-bond donors (Lipinski definition) is 5. The van der Waals surface area contributed by atoms with Gasteiger partial charge in [-0.2, -0.15) is 0 Å². The molecule has 0 aromatic rings. The fourth-order valence-corrected chi connectivity index (χ4v) is 3.07. The van der Waals surface area contributed by atoms with Gasteiger partial charge in [0, 0.05) is 24.5 Å². The first kappa shape index (κ1) is 29.3. The second-order valence-corrected chi connectivity index (χ2v) is 8.45. The zero-order valence-corrected chi connectivity index (χ0v) is 20.2. The summed E-state index contributed by atoms with van der Waals surface area (Å²) in [6, 6.07) is -0.00398. The summed E-state index contributed by atoms with van der Waals surface area (Å²) < 4.78 is 0. The Kier molecular flexibility index (Phi) is 14.4. The molecule has 0 fully saturated rings. The summed E-state index contributed by atoms with van der Waals surface area (Å²) in [5.74, 6) is -0.623. The lowest BCUT2D eigenvalue weighted by Crippen LogP contribution is -2.41. The van der Waals surface area contributed by atoms with Gasteiger partial charge in [0.25, 0.3) is 0 Å². The lowest BCUT2D eigenvalue weighted by Gasteiger charge is -2.26. The van der Waals surface area contributed by atoms with Crippen LogP contribution in [0.2, 0.25) is 0 Å². The summed E-state index contributed by atoms with van der Waals surface area (Å²) in [6.45, 7) is 5.59. The van der Waals surface area contributed by atoms with Crippen molar-refractivity contribution in [3.8, 4) is 0 Å². The first-order valence-corrected chi connectivity index (χ1v) is 11.6. The van der Waals surface area contributed by atoms with Crippen LogP contribution < -0.4 is 5.32 Å². The number of carbonyl (C=O) groups excluding carboxylic acids is 1. The van der Waals surface area contributed by atoms with Gasteiger partial charge in [0.2, 0.25) is 5.91 Å². The molecule has 6 unspecified atom stereocenters. The number of allylic oxidation sites excluding steroid dienone is 12. The molecule has 0 aromatic carbocycles. The van der Waals surface area contributed by atoms with E-state index < -0.39 is 30.3 Å². The van der Waals surface area contributed by atoms with Gasteiger partial charge < -0.3 is 25.7 Å². The zero-order valence-electron chi connectivity index (χ0n) is 20.2. The van der Waals surface area contributed by atoms with Crippen molar-refractivity contribution in [1.29, 1.82) is 0 Å². The molecule has 34 heavy (non-hydrogen) atoms. The molecule has 6 nitrogen and oxygen atoms in total. The van der Waals surface area contributed by atoms with E-state index in [9.17, 15) is 25.2 Å². The minimum absolute atomic E-state index is 0.00398. The van der Waals surface area contributed by atoms with Crippen molar-refractivity contribution >= 4 is 5.91 Å². The number of aliphatic hydroxyl groups excluding tert-OH is 4. The van der Waals surface area contributed by atoms with Crippen LogP contribution in [0.15, 0.2) is 96.7 Å². The molecule has 6 heteroatoms. The molecule has 1 aliphatic rings. The molecule has 0 saturated heterocycles. The van der Waals surface area contributed by atoms with Crippen molar-refractivity contribution in [1.82, 2.24) is 5.32 Å². The van der Waals surface area contributed by atoms with Crippen molar-refractivity contribution < 1.29 is 25.2 Å². The Bertz CT molecular complexity index is 847. The highest BCUT2D eigenvalue weighted by Gasteiger charge is 2.28. The molecule has 1 aliphatic heterocycles. The number of nitrogens with one attached hydrogen (secondary N) is 1. The summed E-state index contributed by atoms with van der Waals surface area (Å²) in [7, 11) is 0. The largest absolute Gasteiger partial charge is 0.390 e. The van der Waals surface area contributed by atoms with Gasteiger partial charge in [0.15, 0.2) is 0 Å². The van der Waals surface area contributed by atoms with E-state index in [-0.39, 0.29) is 18.4 Å². The average molecular weight is 470 g/mol. The fourth-order valence-electron chi connectivity index (χ4n) is 3.07. The molecular weight excluding hydrogens is 430 g/mol. The Balaban J connectivity index is 2.94. The SMILES string of the molecule is CC1=C/C=C/C=C\CC(C)NC(=O)/C=C/C=C/C=C/C(C)C(O)C(O)C(O)CC(O)/C=C\C=C1. The molecule has 0 radical (unpaired) electrons. The van der Waals surface area contributed by atoms with Crippen molar-refractivity contribution in [2.24, 2.45) is 5.92 Å². The maximum absolute atomic E-state index is 12.0. The Morgan fingerprint density at radius 2 is 1.44 bits per heavy atom. The summed E-state index contributed by atoms with van der Waals surface area (Å²) in [4.78, 5) is 12.0. The van der Waals surface area contributed by atoms with Crippen LogP contribution >= 0.6 is 0 Å². The van der Waals surface area contributed by atoms with Crippen LogP contribution in [0.25, 0.3) is 0 Å². The fraction of sp³-hybridized carbons (Fsp3) is 0.393. The third-order valence-electron chi connectivity index (χ3n) is 5.16. The van der Waals surface area contributed by atoms with E-state index in [2.05, 4.69) is 5.32 Å². The van der Waals surface area contributed by atoms with E-state index in [1.54, 1.807) is 49.5 Å². The predicted molar refractivity (Wildman–Crippen MR) is 138 cm³/mol. The Morgan fingerprint density at radius 3 is 2.21 bits per heavy atom. The molecular formula is C28H39NO5. The Hall–Kier alpha value is -2.77. The molecule has 1 amide bonds. The lowest BCUT2D eigenvalue weighted by atomic mass is 9.93. The second kappa shape index (κ2) is 16.8. The van der Waals surface area contributed by atoms with Gasteiger partial charge in [-0.3, -0.25) is 4.79 Å². The summed E-state index contributed by atoms with van der Waals surface area (Å²) in [6.07, 6.45) is 22.1. The van der Waals surface area contributed by atoms with Gasteiger partial charge in [-0.15, -0.1) is 0 Å². The summed E-state index contributed by atoms with van der Waals surface area (Å²) in [5, 5.41) is 43.8. The second-order valence-electron chi connectivity index (χ2n) is 8.45. The van der Waals surface area contributed by atoms with Crippen LogP contribution in [0, 0.1) is 5.92 Å². The number of rotatable bonds is 0. The van der Waals surface area contributed by atoms with E-state index in [4.69, 9.17) is 0 Å². The molecule has 0 spiro atoms. The topological polar surface area (TPSA) is 110 Å². The third kappa shape index (κ3) is 13.1. The van der Waals surface area contributed by atoms with E-state index in [1.807, 2.05) is 50.3 Å². The average Bonchev–Trinajstić information content (AvgIpc) is 2.79. The molecule has 186 valence electrons. The van der Waals surface area contributed by atoms with Gasteiger partial charge in [0.1, 0.15) is 6.10 Å². The van der Waals surface area contributed by atoms with Gasteiger partial charge >= 0.3 is 0 Å². The van der Waals surface area contributed by atoms with E-state index >= 15 is 0 Å². The number of aliphatic hydroxyl groups is 4. The number of amides is 1. The van der Waals surface area contributed by atoms with Crippen molar-refractivity contribution in [3.05, 3.63) is 96.7 Å². The Morgan fingerprint density at radius 1 is 0.794 bits per heavy atom. The smallest absolute Gasteiger partial charge is 0.244 e. The van der Waals surface area contributed by atoms with Crippen molar-refractivity contribution in [2.45, 2.75) is 64.1 Å². The normalized spacial score (nSPS) is 36.4. The predicted octanol–water partition coefficient (Wildman–Crippen LogP) is 3.20. The molecule has 0 saturated carbocycles. The molecule has 6 atom stereocenters. The highest BCUT2D eigenvalue weighted by molar-refractivity contribution is 5.87. The van der Waals surface area contributed by atoms with Gasteiger partial charge in [-0.05, 0) is 20.3 Å².